The molecular weight excluding hydrogens is 424 g/mol. The first-order valence-electron chi connectivity index (χ1n) is 12.1. The molecule has 0 saturated heterocycles. The summed E-state index contributed by atoms with van der Waals surface area (Å²) >= 11 is 0. The number of allylic oxidation sites excluding steroid dienone is 1. The molecule has 0 amide bonds. The van der Waals surface area contributed by atoms with E-state index in [1.807, 2.05) is 6.07 Å². The van der Waals surface area contributed by atoms with Crippen LogP contribution in [-0.2, 0) is 22.4 Å². The Kier molecular flexibility index (Phi) is 7.46. The van der Waals surface area contributed by atoms with Gasteiger partial charge in [-0.05, 0) is 70.9 Å². The molecule has 1 unspecified atom stereocenters. The molecule has 0 fully saturated rings. The van der Waals surface area contributed by atoms with Crippen LogP contribution in [0.4, 0.5) is 0 Å². The number of phenolic OH excluding ortho intramolecular Hbond substituents is 1. The molecule has 0 spiro atoms. The van der Waals surface area contributed by atoms with Gasteiger partial charge in [0.2, 0.25) is 0 Å². The predicted molar refractivity (Wildman–Crippen MR) is 136 cm³/mol. The Morgan fingerprint density at radius 3 is 2.53 bits per heavy atom. The van der Waals surface area contributed by atoms with Crippen molar-refractivity contribution in [3.8, 4) is 11.5 Å². The van der Waals surface area contributed by atoms with E-state index in [2.05, 4.69) is 43.3 Å². The first-order chi connectivity index (χ1) is 16.5. The number of aryl methyl sites for hydroxylation is 1. The summed E-state index contributed by atoms with van der Waals surface area (Å²) in [7, 11) is 1.52. The number of carbonyl (C=O) groups is 2. The van der Waals surface area contributed by atoms with Crippen molar-refractivity contribution < 1.29 is 19.4 Å². The zero-order chi connectivity index (χ0) is 24.1. The second kappa shape index (κ2) is 10.7. The highest BCUT2D eigenvalue weighted by molar-refractivity contribution is 6.06. The van der Waals surface area contributed by atoms with Gasteiger partial charge in [0, 0.05) is 18.4 Å². The standard InChI is InChI=1S/C30H32O4/c1-3-20-8-11-24-16-22(15-23-6-4-5-7-28(23)24)17-25-14-21(18-29(34-2)30(25)33)10-13-27(32)19-26(31)12-9-20/h4-7,10,13-16,18,20,33H,3,8-9,11-12,17,19H2,1-2H3. The molecule has 4 heteroatoms. The van der Waals surface area contributed by atoms with Crippen molar-refractivity contribution in [3.63, 3.8) is 0 Å². The molecule has 176 valence electrons. The molecule has 1 atom stereocenters. The van der Waals surface area contributed by atoms with Gasteiger partial charge in [0.1, 0.15) is 5.78 Å². The predicted octanol–water partition coefficient (Wildman–Crippen LogP) is 6.44. The highest BCUT2D eigenvalue weighted by Crippen LogP contribution is 2.35. The number of rotatable bonds is 2. The van der Waals surface area contributed by atoms with Crippen molar-refractivity contribution in [3.05, 3.63) is 76.9 Å². The SMILES string of the molecule is CCC1CCC(=O)CC(=O)C=Cc2cc(c(O)c(OC)c2)Cc2cc(c3ccccc3c2)CC1. The van der Waals surface area contributed by atoms with Gasteiger partial charge in [0.15, 0.2) is 17.3 Å². The summed E-state index contributed by atoms with van der Waals surface area (Å²) in [4.78, 5) is 24.8. The molecule has 3 aromatic rings. The Morgan fingerprint density at radius 1 is 0.941 bits per heavy atom. The third-order valence-electron chi connectivity index (χ3n) is 6.86. The third kappa shape index (κ3) is 5.56. The van der Waals surface area contributed by atoms with Gasteiger partial charge in [0.25, 0.3) is 0 Å². The van der Waals surface area contributed by atoms with Gasteiger partial charge in [-0.2, -0.15) is 0 Å². The quantitative estimate of drug-likeness (QED) is 0.451. The van der Waals surface area contributed by atoms with Crippen LogP contribution < -0.4 is 4.74 Å². The van der Waals surface area contributed by atoms with E-state index in [4.69, 9.17) is 4.74 Å². The van der Waals surface area contributed by atoms with Crippen LogP contribution in [0.15, 0.2) is 54.6 Å². The highest BCUT2D eigenvalue weighted by Gasteiger charge is 2.16. The molecule has 0 aromatic heterocycles. The number of Topliss-reactive ketones (excluding diaryl/α,β-unsaturated/α-hetero) is 1. The fourth-order valence-corrected chi connectivity index (χ4v) is 4.87. The van der Waals surface area contributed by atoms with Crippen molar-refractivity contribution in [1.82, 2.24) is 0 Å². The summed E-state index contributed by atoms with van der Waals surface area (Å²) in [5.41, 5.74) is 3.90. The third-order valence-corrected chi connectivity index (χ3v) is 6.86. The van der Waals surface area contributed by atoms with Crippen LogP contribution in [-0.4, -0.2) is 23.8 Å². The lowest BCUT2D eigenvalue weighted by atomic mass is 9.89. The summed E-state index contributed by atoms with van der Waals surface area (Å²) in [6.45, 7) is 2.17. The van der Waals surface area contributed by atoms with Crippen LogP contribution >= 0.6 is 0 Å². The molecule has 34 heavy (non-hydrogen) atoms. The number of aromatic hydroxyl groups is 1. The molecule has 0 aliphatic heterocycles. The van der Waals surface area contributed by atoms with E-state index in [1.165, 1.54) is 29.5 Å². The zero-order valence-corrected chi connectivity index (χ0v) is 20.0. The van der Waals surface area contributed by atoms with Gasteiger partial charge in [-0.15, -0.1) is 0 Å². The summed E-state index contributed by atoms with van der Waals surface area (Å²) in [5, 5.41) is 13.2. The van der Waals surface area contributed by atoms with Gasteiger partial charge in [-0.1, -0.05) is 55.8 Å². The number of ether oxygens (including phenoxy) is 1. The van der Waals surface area contributed by atoms with Crippen LogP contribution in [0.1, 0.15) is 61.3 Å². The van der Waals surface area contributed by atoms with Crippen molar-refractivity contribution in [2.75, 3.05) is 7.11 Å². The van der Waals surface area contributed by atoms with Gasteiger partial charge in [0.05, 0.1) is 13.5 Å². The van der Waals surface area contributed by atoms with E-state index in [-0.39, 0.29) is 23.7 Å². The fraction of sp³-hybridized carbons (Fsp3) is 0.333. The van der Waals surface area contributed by atoms with Crippen LogP contribution in [0.3, 0.4) is 0 Å². The van der Waals surface area contributed by atoms with Crippen LogP contribution in [0.25, 0.3) is 16.8 Å². The molecule has 4 rings (SSSR count). The average molecular weight is 457 g/mol. The number of phenols is 1. The summed E-state index contributed by atoms with van der Waals surface area (Å²) in [6.07, 6.45) is 7.82. The van der Waals surface area contributed by atoms with Gasteiger partial charge in [-0.3, -0.25) is 9.59 Å². The maximum atomic E-state index is 12.4. The topological polar surface area (TPSA) is 63.6 Å². The van der Waals surface area contributed by atoms with E-state index in [1.54, 1.807) is 12.1 Å². The van der Waals surface area contributed by atoms with Crippen molar-refractivity contribution in [1.29, 1.82) is 0 Å². The van der Waals surface area contributed by atoms with E-state index in [9.17, 15) is 14.7 Å². The van der Waals surface area contributed by atoms with E-state index < -0.39 is 0 Å². The molecular formula is C30H32O4. The van der Waals surface area contributed by atoms with Crippen molar-refractivity contribution in [2.45, 2.75) is 51.9 Å². The van der Waals surface area contributed by atoms with Crippen LogP contribution in [0.2, 0.25) is 0 Å². The Balaban J connectivity index is 1.80. The first kappa shape index (κ1) is 23.7. The number of fused-ring (bicyclic) bond motifs is 6. The fourth-order valence-electron chi connectivity index (χ4n) is 4.87. The smallest absolute Gasteiger partial charge is 0.163 e. The summed E-state index contributed by atoms with van der Waals surface area (Å²) in [5.74, 6) is 0.712. The molecule has 4 nitrogen and oxygen atoms in total. The molecule has 0 heterocycles. The minimum absolute atomic E-state index is 0.00570. The van der Waals surface area contributed by atoms with Gasteiger partial charge < -0.3 is 9.84 Å². The molecule has 3 aromatic carbocycles. The van der Waals surface area contributed by atoms with Crippen LogP contribution in [0.5, 0.6) is 11.5 Å². The molecule has 4 bridgehead atoms. The molecule has 0 radical (unpaired) electrons. The lowest BCUT2D eigenvalue weighted by molar-refractivity contribution is -0.124. The summed E-state index contributed by atoms with van der Waals surface area (Å²) < 4.78 is 5.39. The minimum atomic E-state index is -0.200. The minimum Gasteiger partial charge on any atom is -0.504 e. The molecule has 1 N–H and O–H groups in total. The number of hydrogen-bond donors (Lipinski definition) is 1. The second-order valence-electron chi connectivity index (χ2n) is 9.25. The van der Waals surface area contributed by atoms with Crippen molar-refractivity contribution >= 4 is 28.4 Å². The molecule has 1 aliphatic rings. The second-order valence-corrected chi connectivity index (χ2v) is 9.25. The summed E-state index contributed by atoms with van der Waals surface area (Å²) in [6, 6.07) is 16.4. The van der Waals surface area contributed by atoms with Crippen molar-refractivity contribution in [2.24, 2.45) is 5.92 Å². The first-order valence-corrected chi connectivity index (χ1v) is 12.1. The average Bonchev–Trinajstić information content (AvgIpc) is 2.83. The van der Waals surface area contributed by atoms with Crippen LogP contribution in [0, 0.1) is 5.92 Å². The lowest BCUT2D eigenvalue weighted by Crippen LogP contribution is -2.09. The van der Waals surface area contributed by atoms with E-state index in [0.29, 0.717) is 24.5 Å². The van der Waals surface area contributed by atoms with E-state index in [0.717, 1.165) is 42.4 Å². The maximum Gasteiger partial charge on any atom is 0.163 e. The highest BCUT2D eigenvalue weighted by atomic mass is 16.5. The molecule has 1 aliphatic carbocycles. The van der Waals surface area contributed by atoms with Gasteiger partial charge >= 0.3 is 0 Å². The number of carbonyl (C=O) groups excluding carboxylic acids is 2. The Labute approximate surface area is 201 Å². The van der Waals surface area contributed by atoms with Gasteiger partial charge in [-0.25, -0.2) is 0 Å². The Hall–Kier alpha value is -3.40. The number of benzene rings is 3. The Bertz CT molecular complexity index is 1240. The number of ketones is 2. The Morgan fingerprint density at radius 2 is 1.74 bits per heavy atom. The maximum absolute atomic E-state index is 12.4. The monoisotopic (exact) mass is 456 g/mol. The lowest BCUT2D eigenvalue weighted by Gasteiger charge is -2.17. The number of methoxy groups -OCH3 is 1. The zero-order valence-electron chi connectivity index (χ0n) is 20.0. The largest absolute Gasteiger partial charge is 0.504 e. The normalized spacial score (nSPS) is 17.5. The molecule has 0 saturated carbocycles. The van der Waals surface area contributed by atoms with E-state index >= 15 is 0 Å². The number of hydrogen-bond acceptors (Lipinski definition) is 4.